The molecule has 1 N–H and O–H groups in total. The van der Waals surface area contributed by atoms with Crippen LogP contribution in [0.15, 0.2) is 30.3 Å². The van der Waals surface area contributed by atoms with Crippen LogP contribution < -0.4 is 5.32 Å². The molecule has 0 heterocycles. The molecule has 2 aliphatic rings. The summed E-state index contributed by atoms with van der Waals surface area (Å²) in [6.45, 7) is 0.582. The molecular weight excluding hydrogens is 274 g/mol. The third-order valence-electron chi connectivity index (χ3n) is 5.63. The Kier molecular flexibility index (Phi) is 5.01. The van der Waals surface area contributed by atoms with Gasteiger partial charge in [0, 0.05) is 5.69 Å². The van der Waals surface area contributed by atoms with Crippen molar-refractivity contribution in [2.45, 2.75) is 57.8 Å². The maximum absolute atomic E-state index is 12.0. The molecule has 2 aliphatic carbocycles. The molecular formula is C19H27NO2. The van der Waals surface area contributed by atoms with Gasteiger partial charge >= 0.3 is 6.09 Å². The fraction of sp³-hybridized carbons (Fsp3) is 0.632. The molecule has 0 bridgehead atoms. The summed E-state index contributed by atoms with van der Waals surface area (Å²) in [5.74, 6) is 0.558. The molecule has 0 aromatic heterocycles. The van der Waals surface area contributed by atoms with E-state index in [0.717, 1.165) is 5.69 Å². The van der Waals surface area contributed by atoms with E-state index in [9.17, 15) is 4.79 Å². The van der Waals surface area contributed by atoms with Crippen molar-refractivity contribution in [2.24, 2.45) is 11.3 Å². The van der Waals surface area contributed by atoms with Crippen molar-refractivity contribution in [2.75, 3.05) is 11.9 Å². The lowest BCUT2D eigenvalue weighted by atomic mass is 9.59. The SMILES string of the molecule is O=C(Nc1ccccc1)OCC1CCCCC12CCCCC2. The number of ether oxygens (including phenoxy) is 1. The summed E-state index contributed by atoms with van der Waals surface area (Å²) >= 11 is 0. The van der Waals surface area contributed by atoms with Gasteiger partial charge in [0.05, 0.1) is 6.61 Å². The highest BCUT2D eigenvalue weighted by Crippen LogP contribution is 2.51. The largest absolute Gasteiger partial charge is 0.449 e. The number of para-hydroxylation sites is 1. The number of carbonyl (C=O) groups is 1. The van der Waals surface area contributed by atoms with Crippen molar-refractivity contribution in [3.63, 3.8) is 0 Å². The number of benzene rings is 1. The Morgan fingerprint density at radius 2 is 1.73 bits per heavy atom. The van der Waals surface area contributed by atoms with E-state index in [1.165, 1.54) is 57.8 Å². The number of hydrogen-bond acceptors (Lipinski definition) is 2. The van der Waals surface area contributed by atoms with Crippen molar-refractivity contribution in [1.29, 1.82) is 0 Å². The van der Waals surface area contributed by atoms with Crippen LogP contribution in [0.4, 0.5) is 10.5 Å². The zero-order valence-electron chi connectivity index (χ0n) is 13.4. The number of amides is 1. The van der Waals surface area contributed by atoms with Crippen LogP contribution in [0.3, 0.4) is 0 Å². The molecule has 1 aromatic carbocycles. The topological polar surface area (TPSA) is 38.3 Å². The highest BCUT2D eigenvalue weighted by atomic mass is 16.5. The minimum Gasteiger partial charge on any atom is -0.449 e. The molecule has 2 saturated carbocycles. The zero-order valence-corrected chi connectivity index (χ0v) is 13.4. The van der Waals surface area contributed by atoms with E-state index in [2.05, 4.69) is 5.32 Å². The Bertz CT molecular complexity index is 471. The summed E-state index contributed by atoms with van der Waals surface area (Å²) in [7, 11) is 0. The molecule has 0 aliphatic heterocycles. The number of rotatable bonds is 3. The maximum atomic E-state index is 12.0. The van der Waals surface area contributed by atoms with Crippen LogP contribution in [0.2, 0.25) is 0 Å². The Morgan fingerprint density at radius 1 is 1.05 bits per heavy atom. The molecule has 0 radical (unpaired) electrons. The fourth-order valence-electron chi connectivity index (χ4n) is 4.40. The van der Waals surface area contributed by atoms with Gasteiger partial charge in [-0.3, -0.25) is 5.32 Å². The van der Waals surface area contributed by atoms with Crippen molar-refractivity contribution in [1.82, 2.24) is 0 Å². The maximum Gasteiger partial charge on any atom is 0.411 e. The summed E-state index contributed by atoms with van der Waals surface area (Å²) in [5.41, 5.74) is 1.26. The van der Waals surface area contributed by atoms with Gasteiger partial charge in [-0.2, -0.15) is 0 Å². The van der Waals surface area contributed by atoms with Gasteiger partial charge in [-0.05, 0) is 49.1 Å². The van der Waals surface area contributed by atoms with Gasteiger partial charge in [0.15, 0.2) is 0 Å². The van der Waals surface area contributed by atoms with E-state index in [1.807, 2.05) is 30.3 Å². The molecule has 1 aromatic rings. The van der Waals surface area contributed by atoms with Crippen molar-refractivity contribution in [3.8, 4) is 0 Å². The van der Waals surface area contributed by atoms with Crippen LogP contribution in [-0.2, 0) is 4.74 Å². The highest BCUT2D eigenvalue weighted by Gasteiger charge is 2.41. The first-order chi connectivity index (χ1) is 10.8. The van der Waals surface area contributed by atoms with Crippen molar-refractivity contribution >= 4 is 11.8 Å². The minimum absolute atomic E-state index is 0.317. The van der Waals surface area contributed by atoms with Crippen LogP contribution in [0.5, 0.6) is 0 Å². The molecule has 3 nitrogen and oxygen atoms in total. The molecule has 1 unspecified atom stereocenters. The highest BCUT2D eigenvalue weighted by molar-refractivity contribution is 5.84. The van der Waals surface area contributed by atoms with Crippen LogP contribution in [0.1, 0.15) is 57.8 Å². The predicted molar refractivity (Wildman–Crippen MR) is 88.9 cm³/mol. The van der Waals surface area contributed by atoms with E-state index in [0.29, 0.717) is 17.9 Å². The first kappa shape index (κ1) is 15.4. The van der Waals surface area contributed by atoms with Crippen molar-refractivity contribution < 1.29 is 9.53 Å². The number of nitrogens with one attached hydrogen (secondary N) is 1. The van der Waals surface area contributed by atoms with E-state index in [1.54, 1.807) is 0 Å². The monoisotopic (exact) mass is 301 g/mol. The van der Waals surface area contributed by atoms with Gasteiger partial charge in [-0.15, -0.1) is 0 Å². The Balaban J connectivity index is 1.53. The quantitative estimate of drug-likeness (QED) is 0.814. The van der Waals surface area contributed by atoms with Gasteiger partial charge in [0.2, 0.25) is 0 Å². The van der Waals surface area contributed by atoms with Gasteiger partial charge in [-0.1, -0.05) is 50.3 Å². The van der Waals surface area contributed by atoms with Crippen LogP contribution in [0.25, 0.3) is 0 Å². The first-order valence-corrected chi connectivity index (χ1v) is 8.77. The lowest BCUT2D eigenvalue weighted by molar-refractivity contribution is 0.00684. The Hall–Kier alpha value is -1.51. The summed E-state index contributed by atoms with van der Waals surface area (Å²) in [5, 5.41) is 2.81. The van der Waals surface area contributed by atoms with E-state index in [4.69, 9.17) is 4.74 Å². The summed E-state index contributed by atoms with van der Waals surface area (Å²) in [6.07, 6.45) is 11.6. The molecule has 1 amide bonds. The van der Waals surface area contributed by atoms with Crippen LogP contribution >= 0.6 is 0 Å². The third-order valence-corrected chi connectivity index (χ3v) is 5.63. The van der Waals surface area contributed by atoms with Gasteiger partial charge in [0.25, 0.3) is 0 Å². The van der Waals surface area contributed by atoms with Crippen molar-refractivity contribution in [3.05, 3.63) is 30.3 Å². The molecule has 120 valence electrons. The summed E-state index contributed by atoms with van der Waals surface area (Å²) in [6, 6.07) is 9.52. The lowest BCUT2D eigenvalue weighted by Crippen LogP contribution is -2.39. The normalized spacial score (nSPS) is 23.9. The molecule has 3 rings (SSSR count). The predicted octanol–water partition coefficient (Wildman–Crippen LogP) is 5.38. The third kappa shape index (κ3) is 3.63. The number of carbonyl (C=O) groups excluding carboxylic acids is 1. The number of anilines is 1. The summed E-state index contributed by atoms with van der Waals surface area (Å²) in [4.78, 5) is 12.0. The van der Waals surface area contributed by atoms with Gasteiger partial charge in [0.1, 0.15) is 0 Å². The minimum atomic E-state index is -0.317. The molecule has 0 saturated heterocycles. The molecule has 2 fully saturated rings. The van der Waals surface area contributed by atoms with E-state index in [-0.39, 0.29) is 6.09 Å². The van der Waals surface area contributed by atoms with Gasteiger partial charge in [-0.25, -0.2) is 4.79 Å². The zero-order chi connectivity index (χ0) is 15.3. The second-order valence-electron chi connectivity index (χ2n) is 6.96. The lowest BCUT2D eigenvalue weighted by Gasteiger charge is -2.46. The second-order valence-corrected chi connectivity index (χ2v) is 6.96. The summed E-state index contributed by atoms with van der Waals surface area (Å²) < 4.78 is 5.56. The van der Waals surface area contributed by atoms with Crippen LogP contribution in [-0.4, -0.2) is 12.7 Å². The average molecular weight is 301 g/mol. The van der Waals surface area contributed by atoms with Gasteiger partial charge < -0.3 is 4.74 Å². The van der Waals surface area contributed by atoms with E-state index < -0.39 is 0 Å². The average Bonchev–Trinajstić information content (AvgIpc) is 2.56. The Labute approximate surface area is 133 Å². The number of hydrogen-bond donors (Lipinski definition) is 1. The smallest absolute Gasteiger partial charge is 0.411 e. The standard InChI is InChI=1S/C19H27NO2/c21-18(20-17-10-3-1-4-11-17)22-15-16-9-5-8-14-19(16)12-6-2-7-13-19/h1,3-4,10-11,16H,2,5-9,12-15H2,(H,20,21). The Morgan fingerprint density at radius 3 is 2.45 bits per heavy atom. The second kappa shape index (κ2) is 7.17. The molecule has 3 heteroatoms. The molecule has 22 heavy (non-hydrogen) atoms. The van der Waals surface area contributed by atoms with E-state index >= 15 is 0 Å². The fourth-order valence-corrected chi connectivity index (χ4v) is 4.40. The molecule has 1 spiro atoms. The first-order valence-electron chi connectivity index (χ1n) is 8.77. The van der Waals surface area contributed by atoms with Crippen LogP contribution in [0, 0.1) is 11.3 Å². The molecule has 1 atom stereocenters.